The lowest BCUT2D eigenvalue weighted by atomic mass is 10.1. The molecule has 1 atom stereocenters. The Labute approximate surface area is 147 Å². The summed E-state index contributed by atoms with van der Waals surface area (Å²) in [6.07, 6.45) is 0.660. The number of rotatable bonds is 8. The second kappa shape index (κ2) is 8.19. The molecule has 25 heavy (non-hydrogen) atoms. The molecule has 0 aliphatic rings. The van der Waals surface area contributed by atoms with Gasteiger partial charge in [0, 0.05) is 18.7 Å². The van der Waals surface area contributed by atoms with Crippen LogP contribution in [0.5, 0.6) is 0 Å². The van der Waals surface area contributed by atoms with Crippen LogP contribution in [0, 0.1) is 10.1 Å². The van der Waals surface area contributed by atoms with E-state index in [-0.39, 0.29) is 17.5 Å². The van der Waals surface area contributed by atoms with Gasteiger partial charge in [-0.15, -0.1) is 0 Å². The first-order valence-corrected chi connectivity index (χ1v) is 9.23. The number of nitrogens with zero attached hydrogens (tertiary/aromatic N) is 2. The average Bonchev–Trinajstić information content (AvgIpc) is 2.59. The number of benzene rings is 2. The predicted octanol–water partition coefficient (Wildman–Crippen LogP) is 2.05. The van der Waals surface area contributed by atoms with Crippen LogP contribution in [-0.4, -0.2) is 44.9 Å². The van der Waals surface area contributed by atoms with Crippen molar-refractivity contribution in [2.24, 2.45) is 0 Å². The van der Waals surface area contributed by atoms with Crippen LogP contribution in [-0.2, 0) is 16.4 Å². The monoisotopic (exact) mass is 363 g/mol. The van der Waals surface area contributed by atoms with Crippen molar-refractivity contribution in [2.45, 2.75) is 17.4 Å². The normalized spacial score (nSPS) is 12.9. The largest absolute Gasteiger partial charge is 0.305 e. The van der Waals surface area contributed by atoms with Gasteiger partial charge in [-0.1, -0.05) is 42.5 Å². The van der Waals surface area contributed by atoms with Crippen LogP contribution in [0.25, 0.3) is 0 Å². The third-order valence-electron chi connectivity index (χ3n) is 3.90. The van der Waals surface area contributed by atoms with Crippen molar-refractivity contribution in [3.8, 4) is 0 Å². The maximum atomic E-state index is 12.5. The molecular weight excluding hydrogens is 342 g/mol. The SMILES string of the molecule is CN(C)C(CNS(=O)(=O)c1ccccc1[N+](=O)[O-])Cc1ccccc1. The topological polar surface area (TPSA) is 92.6 Å². The summed E-state index contributed by atoms with van der Waals surface area (Å²) in [5.74, 6) is 0. The summed E-state index contributed by atoms with van der Waals surface area (Å²) in [7, 11) is -0.239. The van der Waals surface area contributed by atoms with Crippen molar-refractivity contribution in [1.82, 2.24) is 9.62 Å². The fourth-order valence-corrected chi connectivity index (χ4v) is 3.69. The van der Waals surface area contributed by atoms with Gasteiger partial charge in [0.05, 0.1) is 4.92 Å². The molecule has 0 spiro atoms. The van der Waals surface area contributed by atoms with Gasteiger partial charge in [0.1, 0.15) is 0 Å². The molecule has 7 nitrogen and oxygen atoms in total. The summed E-state index contributed by atoms with van der Waals surface area (Å²) in [5.41, 5.74) is 0.658. The second-order valence-corrected chi connectivity index (χ2v) is 7.62. The van der Waals surface area contributed by atoms with Gasteiger partial charge in [-0.3, -0.25) is 10.1 Å². The Morgan fingerprint density at radius 3 is 2.28 bits per heavy atom. The predicted molar refractivity (Wildman–Crippen MR) is 95.9 cm³/mol. The first kappa shape index (κ1) is 19.0. The van der Waals surface area contributed by atoms with E-state index >= 15 is 0 Å². The minimum absolute atomic E-state index is 0.0834. The minimum Gasteiger partial charge on any atom is -0.305 e. The Morgan fingerprint density at radius 2 is 1.68 bits per heavy atom. The molecule has 8 heteroatoms. The van der Waals surface area contributed by atoms with Gasteiger partial charge >= 0.3 is 0 Å². The lowest BCUT2D eigenvalue weighted by molar-refractivity contribution is -0.387. The quantitative estimate of drug-likeness (QED) is 0.572. The van der Waals surface area contributed by atoms with Crippen LogP contribution in [0.2, 0.25) is 0 Å². The summed E-state index contributed by atoms with van der Waals surface area (Å²) in [4.78, 5) is 12.0. The van der Waals surface area contributed by atoms with Crippen molar-refractivity contribution in [3.63, 3.8) is 0 Å². The molecule has 1 unspecified atom stereocenters. The molecule has 0 bridgehead atoms. The van der Waals surface area contributed by atoms with Crippen molar-refractivity contribution >= 4 is 15.7 Å². The Bertz CT molecular complexity index is 823. The molecule has 0 heterocycles. The maximum Gasteiger partial charge on any atom is 0.289 e. The molecule has 0 aliphatic carbocycles. The lowest BCUT2D eigenvalue weighted by Gasteiger charge is -2.24. The van der Waals surface area contributed by atoms with E-state index in [0.717, 1.165) is 5.56 Å². The number of nitrogens with one attached hydrogen (secondary N) is 1. The summed E-state index contributed by atoms with van der Waals surface area (Å²) in [5, 5.41) is 11.1. The van der Waals surface area contributed by atoms with Crippen molar-refractivity contribution in [2.75, 3.05) is 20.6 Å². The number of hydrogen-bond acceptors (Lipinski definition) is 5. The maximum absolute atomic E-state index is 12.5. The summed E-state index contributed by atoms with van der Waals surface area (Å²) in [6.45, 7) is 0.149. The van der Waals surface area contributed by atoms with E-state index in [0.29, 0.717) is 6.42 Å². The number of hydrogen-bond donors (Lipinski definition) is 1. The van der Waals surface area contributed by atoms with Crippen LogP contribution >= 0.6 is 0 Å². The summed E-state index contributed by atoms with van der Waals surface area (Å²) >= 11 is 0. The molecular formula is C17H21N3O4S. The number of nitro groups is 1. The van der Waals surface area contributed by atoms with E-state index in [1.807, 2.05) is 49.3 Å². The molecule has 2 aromatic carbocycles. The molecule has 0 saturated carbocycles. The number of sulfonamides is 1. The molecule has 134 valence electrons. The zero-order valence-electron chi connectivity index (χ0n) is 14.1. The Hall–Kier alpha value is -2.29. The van der Waals surface area contributed by atoms with Crippen LogP contribution in [0.4, 0.5) is 5.69 Å². The highest BCUT2D eigenvalue weighted by atomic mass is 32.2. The lowest BCUT2D eigenvalue weighted by Crippen LogP contribution is -2.41. The van der Waals surface area contributed by atoms with Gasteiger partial charge < -0.3 is 4.90 Å². The van der Waals surface area contributed by atoms with E-state index in [2.05, 4.69) is 4.72 Å². The molecule has 0 radical (unpaired) electrons. The van der Waals surface area contributed by atoms with E-state index in [9.17, 15) is 18.5 Å². The van der Waals surface area contributed by atoms with Crippen LogP contribution in [0.1, 0.15) is 5.56 Å². The zero-order valence-corrected chi connectivity index (χ0v) is 14.9. The van der Waals surface area contributed by atoms with Crippen molar-refractivity contribution in [1.29, 1.82) is 0 Å². The molecule has 0 fully saturated rings. The fourth-order valence-electron chi connectivity index (χ4n) is 2.44. The van der Waals surface area contributed by atoms with E-state index < -0.39 is 20.6 Å². The second-order valence-electron chi connectivity index (χ2n) is 5.88. The van der Waals surface area contributed by atoms with Gasteiger partial charge in [0.15, 0.2) is 4.90 Å². The Morgan fingerprint density at radius 1 is 1.08 bits per heavy atom. The third kappa shape index (κ3) is 5.09. The highest BCUT2D eigenvalue weighted by Gasteiger charge is 2.26. The molecule has 2 rings (SSSR count). The molecule has 0 saturated heterocycles. The first-order chi connectivity index (χ1) is 11.8. The van der Waals surface area contributed by atoms with Crippen LogP contribution in [0.15, 0.2) is 59.5 Å². The Balaban J connectivity index is 2.15. The highest BCUT2D eigenvalue weighted by molar-refractivity contribution is 7.89. The zero-order chi connectivity index (χ0) is 18.4. The van der Waals surface area contributed by atoms with Crippen molar-refractivity contribution in [3.05, 3.63) is 70.3 Å². The third-order valence-corrected chi connectivity index (χ3v) is 5.38. The number of nitro benzene ring substituents is 1. The molecule has 1 N–H and O–H groups in total. The molecule has 2 aromatic rings. The smallest absolute Gasteiger partial charge is 0.289 e. The van der Waals surface area contributed by atoms with Crippen molar-refractivity contribution < 1.29 is 13.3 Å². The first-order valence-electron chi connectivity index (χ1n) is 7.74. The van der Waals surface area contributed by atoms with E-state index in [4.69, 9.17) is 0 Å². The van der Waals surface area contributed by atoms with E-state index in [1.165, 1.54) is 24.3 Å². The highest BCUT2D eigenvalue weighted by Crippen LogP contribution is 2.22. The molecule has 0 aromatic heterocycles. The van der Waals surface area contributed by atoms with Gasteiger partial charge in [-0.05, 0) is 32.1 Å². The van der Waals surface area contributed by atoms with E-state index in [1.54, 1.807) is 0 Å². The van der Waals surface area contributed by atoms with Gasteiger partial charge in [-0.25, -0.2) is 13.1 Å². The molecule has 0 amide bonds. The summed E-state index contributed by atoms with van der Waals surface area (Å²) < 4.78 is 27.5. The minimum atomic E-state index is -3.98. The number of likely N-dealkylation sites (N-methyl/N-ethyl adjacent to an activating group) is 1. The average molecular weight is 363 g/mol. The van der Waals surface area contributed by atoms with Gasteiger partial charge in [-0.2, -0.15) is 0 Å². The fraction of sp³-hybridized carbons (Fsp3) is 0.294. The summed E-state index contributed by atoms with van der Waals surface area (Å²) in [6, 6.07) is 15.0. The number of para-hydroxylation sites is 1. The molecule has 0 aliphatic heterocycles. The van der Waals surface area contributed by atoms with Gasteiger partial charge in [0.25, 0.3) is 5.69 Å². The van der Waals surface area contributed by atoms with Crippen LogP contribution < -0.4 is 4.72 Å². The standard InChI is InChI=1S/C17H21N3O4S/c1-19(2)15(12-14-8-4-3-5-9-14)13-18-25(23,24)17-11-7-6-10-16(17)20(21)22/h3-11,15,18H,12-13H2,1-2H3. The van der Waals surface area contributed by atoms with Crippen LogP contribution in [0.3, 0.4) is 0 Å². The van der Waals surface area contributed by atoms with Gasteiger partial charge in [0.2, 0.25) is 10.0 Å². The Kier molecular flexibility index (Phi) is 6.24.